The predicted molar refractivity (Wildman–Crippen MR) is 85.1 cm³/mol. The average molecular weight is 298 g/mol. The van der Waals surface area contributed by atoms with Crippen LogP contribution in [0.5, 0.6) is 0 Å². The normalized spacial score (nSPS) is 16.2. The zero-order chi connectivity index (χ0) is 16.4. The zero-order valence-electron chi connectivity index (χ0n) is 13.7. The molecule has 3 N–H and O–H groups in total. The van der Waals surface area contributed by atoms with E-state index in [0.717, 1.165) is 12.8 Å². The van der Waals surface area contributed by atoms with E-state index in [2.05, 4.69) is 19.9 Å². The largest absolute Gasteiger partial charge is 0.481 e. The fourth-order valence-corrected chi connectivity index (χ4v) is 2.19. The number of carbonyl (C=O) groups is 1. The number of hydrogen-bond donors (Lipinski definition) is 3. The lowest BCUT2D eigenvalue weighted by molar-refractivity contribution is -0.138. The van der Waals surface area contributed by atoms with Crippen molar-refractivity contribution in [2.75, 3.05) is 0 Å². The van der Waals surface area contributed by atoms with Crippen LogP contribution >= 0.6 is 0 Å². The van der Waals surface area contributed by atoms with Crippen molar-refractivity contribution in [1.82, 2.24) is 0 Å². The number of allylic oxidation sites excluding steroid dienone is 4. The molecule has 0 rings (SSSR count). The van der Waals surface area contributed by atoms with Gasteiger partial charge in [0.2, 0.25) is 0 Å². The van der Waals surface area contributed by atoms with Crippen LogP contribution in [0, 0.1) is 5.92 Å². The van der Waals surface area contributed by atoms with E-state index < -0.39 is 18.2 Å². The smallest absolute Gasteiger partial charge is 0.303 e. The van der Waals surface area contributed by atoms with Crippen molar-refractivity contribution in [3.05, 3.63) is 23.3 Å². The molecule has 0 heterocycles. The van der Waals surface area contributed by atoms with Gasteiger partial charge in [0.1, 0.15) is 0 Å². The second kappa shape index (κ2) is 10.6. The summed E-state index contributed by atoms with van der Waals surface area (Å²) < 4.78 is 0. The Bertz CT molecular complexity index is 365. The summed E-state index contributed by atoms with van der Waals surface area (Å²) in [7, 11) is 0. The molecule has 0 aromatic heterocycles. The van der Waals surface area contributed by atoms with E-state index in [9.17, 15) is 15.0 Å². The van der Waals surface area contributed by atoms with E-state index in [4.69, 9.17) is 5.11 Å². The molecule has 21 heavy (non-hydrogen) atoms. The molecule has 0 fully saturated rings. The Hall–Kier alpha value is -1.13. The number of aliphatic hydroxyl groups excluding tert-OH is 2. The SMILES string of the molecule is CC(C)=CCC/C(C)=C/CC(C(C)O)C(O)CCC(=O)O. The summed E-state index contributed by atoms with van der Waals surface area (Å²) in [5.41, 5.74) is 2.53. The van der Waals surface area contributed by atoms with E-state index in [1.807, 2.05) is 13.0 Å². The van der Waals surface area contributed by atoms with Crippen molar-refractivity contribution in [2.45, 2.75) is 72.0 Å². The number of carboxylic acids is 1. The number of carboxylic acid groups (broad SMARTS) is 1. The molecule has 0 saturated carbocycles. The molecule has 0 aromatic carbocycles. The monoisotopic (exact) mass is 298 g/mol. The van der Waals surface area contributed by atoms with Gasteiger partial charge in [-0.15, -0.1) is 0 Å². The molecule has 0 aliphatic heterocycles. The average Bonchev–Trinajstić information content (AvgIpc) is 2.35. The summed E-state index contributed by atoms with van der Waals surface area (Å²) >= 11 is 0. The molecule has 4 heteroatoms. The molecule has 0 aliphatic carbocycles. The molecule has 0 aromatic rings. The van der Waals surface area contributed by atoms with Crippen LogP contribution in [-0.2, 0) is 4.79 Å². The first-order chi connectivity index (χ1) is 9.73. The lowest BCUT2D eigenvalue weighted by Gasteiger charge is -2.24. The van der Waals surface area contributed by atoms with Gasteiger partial charge in [0, 0.05) is 12.3 Å². The maximum absolute atomic E-state index is 10.5. The van der Waals surface area contributed by atoms with Gasteiger partial charge in [-0.25, -0.2) is 0 Å². The number of hydrogen-bond acceptors (Lipinski definition) is 3. The maximum atomic E-state index is 10.5. The summed E-state index contributed by atoms with van der Waals surface area (Å²) in [5, 5.41) is 28.4. The van der Waals surface area contributed by atoms with Crippen molar-refractivity contribution in [1.29, 1.82) is 0 Å². The van der Waals surface area contributed by atoms with Crippen LogP contribution in [0.15, 0.2) is 23.3 Å². The van der Waals surface area contributed by atoms with Gasteiger partial charge in [0.25, 0.3) is 0 Å². The Morgan fingerprint density at radius 2 is 1.71 bits per heavy atom. The summed E-state index contributed by atoms with van der Waals surface area (Å²) in [5.74, 6) is -1.24. The summed E-state index contributed by atoms with van der Waals surface area (Å²) in [6.45, 7) is 7.82. The van der Waals surface area contributed by atoms with Crippen molar-refractivity contribution in [2.24, 2.45) is 5.92 Å². The number of aliphatic hydroxyl groups is 2. The molecule has 3 atom stereocenters. The molecule has 122 valence electrons. The third-order valence-electron chi connectivity index (χ3n) is 3.60. The minimum absolute atomic E-state index is 0.0757. The lowest BCUT2D eigenvalue weighted by Crippen LogP contribution is -2.30. The molecule has 0 spiro atoms. The fraction of sp³-hybridized carbons (Fsp3) is 0.706. The minimum atomic E-state index is -0.924. The van der Waals surface area contributed by atoms with Gasteiger partial charge < -0.3 is 15.3 Å². The van der Waals surface area contributed by atoms with Gasteiger partial charge in [-0.05, 0) is 53.4 Å². The van der Waals surface area contributed by atoms with Crippen LogP contribution in [0.25, 0.3) is 0 Å². The van der Waals surface area contributed by atoms with Gasteiger partial charge >= 0.3 is 5.97 Å². The zero-order valence-corrected chi connectivity index (χ0v) is 13.7. The van der Waals surface area contributed by atoms with E-state index in [-0.39, 0.29) is 18.8 Å². The molecular formula is C17H30O4. The van der Waals surface area contributed by atoms with E-state index in [1.165, 1.54) is 11.1 Å². The lowest BCUT2D eigenvalue weighted by atomic mass is 9.89. The first kappa shape index (κ1) is 19.9. The van der Waals surface area contributed by atoms with Crippen LogP contribution in [-0.4, -0.2) is 33.5 Å². The molecular weight excluding hydrogens is 268 g/mol. The van der Waals surface area contributed by atoms with Crippen molar-refractivity contribution in [3.8, 4) is 0 Å². The summed E-state index contributed by atoms with van der Waals surface area (Å²) in [4.78, 5) is 10.5. The standard InChI is InChI=1S/C17H30O4/c1-12(2)6-5-7-13(3)8-9-15(14(4)18)16(19)10-11-17(20)21/h6,8,14-16,18-19H,5,7,9-11H2,1-4H3,(H,20,21)/b13-8+. The Morgan fingerprint density at radius 3 is 2.19 bits per heavy atom. The van der Waals surface area contributed by atoms with Gasteiger partial charge in [-0.2, -0.15) is 0 Å². The van der Waals surface area contributed by atoms with Crippen LogP contribution in [0.1, 0.15) is 59.8 Å². The van der Waals surface area contributed by atoms with Crippen LogP contribution in [0.2, 0.25) is 0 Å². The van der Waals surface area contributed by atoms with Gasteiger partial charge in [0.15, 0.2) is 0 Å². The third kappa shape index (κ3) is 10.3. The predicted octanol–water partition coefficient (Wildman–Crippen LogP) is 3.29. The summed E-state index contributed by atoms with van der Waals surface area (Å²) in [6.07, 6.45) is 5.40. The molecule has 0 saturated heterocycles. The first-order valence-electron chi connectivity index (χ1n) is 7.61. The van der Waals surface area contributed by atoms with Gasteiger partial charge in [-0.3, -0.25) is 4.79 Å². The molecule has 4 nitrogen and oxygen atoms in total. The van der Waals surface area contributed by atoms with Crippen LogP contribution < -0.4 is 0 Å². The fourth-order valence-electron chi connectivity index (χ4n) is 2.19. The molecule has 3 unspecified atom stereocenters. The Labute approximate surface area is 128 Å². The number of aliphatic carboxylic acids is 1. The highest BCUT2D eigenvalue weighted by Crippen LogP contribution is 2.20. The van der Waals surface area contributed by atoms with Gasteiger partial charge in [0.05, 0.1) is 12.2 Å². The molecule has 0 radical (unpaired) electrons. The van der Waals surface area contributed by atoms with Crippen LogP contribution in [0.4, 0.5) is 0 Å². The Kier molecular flexibility index (Phi) is 10.0. The van der Waals surface area contributed by atoms with E-state index in [1.54, 1.807) is 6.92 Å². The van der Waals surface area contributed by atoms with Crippen molar-refractivity contribution < 1.29 is 20.1 Å². The highest BCUT2D eigenvalue weighted by atomic mass is 16.4. The molecule has 0 aliphatic rings. The quantitative estimate of drug-likeness (QED) is 0.541. The van der Waals surface area contributed by atoms with E-state index in [0.29, 0.717) is 6.42 Å². The molecule has 0 bridgehead atoms. The van der Waals surface area contributed by atoms with E-state index >= 15 is 0 Å². The second-order valence-corrected chi connectivity index (χ2v) is 6.01. The number of rotatable bonds is 10. The highest BCUT2D eigenvalue weighted by molar-refractivity contribution is 5.66. The molecule has 0 amide bonds. The highest BCUT2D eigenvalue weighted by Gasteiger charge is 2.23. The second-order valence-electron chi connectivity index (χ2n) is 6.01. The Balaban J connectivity index is 4.42. The van der Waals surface area contributed by atoms with Crippen LogP contribution in [0.3, 0.4) is 0 Å². The maximum Gasteiger partial charge on any atom is 0.303 e. The third-order valence-corrected chi connectivity index (χ3v) is 3.60. The summed E-state index contributed by atoms with van der Waals surface area (Å²) in [6, 6.07) is 0. The minimum Gasteiger partial charge on any atom is -0.481 e. The first-order valence-corrected chi connectivity index (χ1v) is 7.61. The topological polar surface area (TPSA) is 77.8 Å². The van der Waals surface area contributed by atoms with Crippen molar-refractivity contribution >= 4 is 5.97 Å². The van der Waals surface area contributed by atoms with Gasteiger partial charge in [-0.1, -0.05) is 23.3 Å². The van der Waals surface area contributed by atoms with Crippen molar-refractivity contribution in [3.63, 3.8) is 0 Å². The Morgan fingerprint density at radius 1 is 1.10 bits per heavy atom.